The van der Waals surface area contributed by atoms with Crippen molar-refractivity contribution in [3.8, 4) is 5.75 Å². The van der Waals surface area contributed by atoms with E-state index in [4.69, 9.17) is 15.2 Å². The maximum Gasteiger partial charge on any atom is 0.123 e. The smallest absolute Gasteiger partial charge is 0.123 e. The van der Waals surface area contributed by atoms with Gasteiger partial charge in [-0.3, -0.25) is 0 Å². The molecule has 0 saturated heterocycles. The molecule has 0 spiro atoms. The molecule has 1 aromatic rings. The van der Waals surface area contributed by atoms with Crippen molar-refractivity contribution in [2.75, 3.05) is 13.2 Å². The van der Waals surface area contributed by atoms with Gasteiger partial charge in [-0.15, -0.1) is 0 Å². The Morgan fingerprint density at radius 1 is 1.24 bits per heavy atom. The van der Waals surface area contributed by atoms with Crippen LogP contribution in [0, 0.1) is 0 Å². The van der Waals surface area contributed by atoms with Gasteiger partial charge in [0.15, 0.2) is 0 Å². The van der Waals surface area contributed by atoms with Crippen LogP contribution >= 0.6 is 0 Å². The lowest BCUT2D eigenvalue weighted by molar-refractivity contribution is 0.0554. The van der Waals surface area contributed by atoms with Gasteiger partial charge in [-0.05, 0) is 19.4 Å². The summed E-state index contributed by atoms with van der Waals surface area (Å²) in [5.41, 5.74) is 6.69. The van der Waals surface area contributed by atoms with Crippen molar-refractivity contribution in [2.24, 2.45) is 5.73 Å². The van der Waals surface area contributed by atoms with Crippen molar-refractivity contribution in [3.05, 3.63) is 29.8 Å². The number of ether oxygens (including phenoxy) is 2. The van der Waals surface area contributed by atoms with Crippen LogP contribution in [0.15, 0.2) is 24.3 Å². The molecule has 0 heterocycles. The fourth-order valence-electron chi connectivity index (χ4n) is 1.46. The third-order valence-corrected chi connectivity index (χ3v) is 2.72. The zero-order valence-electron chi connectivity index (χ0n) is 10.8. The minimum absolute atomic E-state index is 0.339. The molecule has 1 rings (SSSR count). The summed E-state index contributed by atoms with van der Waals surface area (Å²) in [6.45, 7) is 6.15. The van der Waals surface area contributed by atoms with Crippen LogP contribution in [0.5, 0.6) is 5.75 Å². The summed E-state index contributed by atoms with van der Waals surface area (Å²) in [7, 11) is 0. The standard InChI is InChI=1S/C14H23NO2/c1-3-12(2)16-9-6-10-17-14-8-5-4-7-13(14)11-15/h4-5,7-8,12H,3,6,9-11,15H2,1-2H3. The van der Waals surface area contributed by atoms with Crippen LogP contribution in [0.4, 0.5) is 0 Å². The molecule has 1 aromatic carbocycles. The molecule has 0 aliphatic heterocycles. The van der Waals surface area contributed by atoms with Crippen molar-refractivity contribution < 1.29 is 9.47 Å². The predicted octanol–water partition coefficient (Wildman–Crippen LogP) is 2.73. The Labute approximate surface area is 104 Å². The number of hydrogen-bond acceptors (Lipinski definition) is 3. The van der Waals surface area contributed by atoms with E-state index in [1.54, 1.807) is 0 Å². The molecule has 0 saturated carbocycles. The highest BCUT2D eigenvalue weighted by Crippen LogP contribution is 2.17. The number of hydrogen-bond donors (Lipinski definition) is 1. The van der Waals surface area contributed by atoms with Crippen LogP contribution < -0.4 is 10.5 Å². The molecular weight excluding hydrogens is 214 g/mol. The van der Waals surface area contributed by atoms with E-state index in [1.807, 2.05) is 24.3 Å². The number of nitrogens with two attached hydrogens (primary N) is 1. The molecule has 0 amide bonds. The maximum absolute atomic E-state index is 5.68. The molecule has 0 aliphatic carbocycles. The summed E-state index contributed by atoms with van der Waals surface area (Å²) in [6.07, 6.45) is 2.30. The SMILES string of the molecule is CCC(C)OCCCOc1ccccc1CN. The van der Waals surface area contributed by atoms with Crippen molar-refractivity contribution >= 4 is 0 Å². The lowest BCUT2D eigenvalue weighted by Gasteiger charge is -2.12. The summed E-state index contributed by atoms with van der Waals surface area (Å²) < 4.78 is 11.3. The van der Waals surface area contributed by atoms with Gasteiger partial charge >= 0.3 is 0 Å². The Morgan fingerprint density at radius 2 is 2.00 bits per heavy atom. The largest absolute Gasteiger partial charge is 0.493 e. The first-order chi connectivity index (χ1) is 8.27. The lowest BCUT2D eigenvalue weighted by Crippen LogP contribution is -2.10. The van der Waals surface area contributed by atoms with Gasteiger partial charge in [0.1, 0.15) is 5.75 Å². The highest BCUT2D eigenvalue weighted by molar-refractivity contribution is 5.32. The van der Waals surface area contributed by atoms with Gasteiger partial charge in [0, 0.05) is 18.5 Å². The molecule has 0 aromatic heterocycles. The summed E-state index contributed by atoms with van der Waals surface area (Å²) >= 11 is 0. The third kappa shape index (κ3) is 5.20. The molecule has 3 heteroatoms. The van der Waals surface area contributed by atoms with Crippen LogP contribution in [0.25, 0.3) is 0 Å². The second-order valence-electron chi connectivity index (χ2n) is 4.10. The summed E-state index contributed by atoms with van der Waals surface area (Å²) in [6, 6.07) is 7.88. The van der Waals surface area contributed by atoms with Crippen molar-refractivity contribution in [2.45, 2.75) is 39.3 Å². The van der Waals surface area contributed by atoms with E-state index in [1.165, 1.54) is 0 Å². The molecular formula is C14H23NO2. The topological polar surface area (TPSA) is 44.5 Å². The van der Waals surface area contributed by atoms with Crippen LogP contribution in [-0.2, 0) is 11.3 Å². The summed E-state index contributed by atoms with van der Waals surface area (Å²) in [4.78, 5) is 0. The second-order valence-corrected chi connectivity index (χ2v) is 4.10. The highest BCUT2D eigenvalue weighted by atomic mass is 16.5. The quantitative estimate of drug-likeness (QED) is 0.707. The molecule has 2 N–H and O–H groups in total. The Morgan fingerprint density at radius 3 is 2.71 bits per heavy atom. The fourth-order valence-corrected chi connectivity index (χ4v) is 1.46. The van der Waals surface area contributed by atoms with E-state index in [2.05, 4.69) is 13.8 Å². The van der Waals surface area contributed by atoms with Crippen molar-refractivity contribution in [3.63, 3.8) is 0 Å². The van der Waals surface area contributed by atoms with Crippen LogP contribution in [0.2, 0.25) is 0 Å². The monoisotopic (exact) mass is 237 g/mol. The minimum Gasteiger partial charge on any atom is -0.493 e. The van der Waals surface area contributed by atoms with E-state index >= 15 is 0 Å². The average molecular weight is 237 g/mol. The van der Waals surface area contributed by atoms with Gasteiger partial charge in [0.05, 0.1) is 19.3 Å². The van der Waals surface area contributed by atoms with Gasteiger partial charge in [-0.2, -0.15) is 0 Å². The first-order valence-corrected chi connectivity index (χ1v) is 6.30. The van der Waals surface area contributed by atoms with Gasteiger partial charge in [0.2, 0.25) is 0 Å². The highest BCUT2D eigenvalue weighted by Gasteiger charge is 2.01. The molecule has 17 heavy (non-hydrogen) atoms. The maximum atomic E-state index is 5.68. The molecule has 3 nitrogen and oxygen atoms in total. The van der Waals surface area contributed by atoms with E-state index in [0.29, 0.717) is 19.3 Å². The molecule has 1 atom stereocenters. The van der Waals surface area contributed by atoms with Crippen molar-refractivity contribution in [1.29, 1.82) is 0 Å². The Hall–Kier alpha value is -1.06. The molecule has 0 bridgehead atoms. The van der Waals surface area contributed by atoms with E-state index in [9.17, 15) is 0 Å². The minimum atomic E-state index is 0.339. The molecule has 1 unspecified atom stereocenters. The van der Waals surface area contributed by atoms with E-state index < -0.39 is 0 Å². The van der Waals surface area contributed by atoms with Crippen LogP contribution in [-0.4, -0.2) is 19.3 Å². The Kier molecular flexibility index (Phi) is 6.67. The molecule has 0 radical (unpaired) electrons. The van der Waals surface area contributed by atoms with Crippen LogP contribution in [0.3, 0.4) is 0 Å². The summed E-state index contributed by atoms with van der Waals surface area (Å²) in [5, 5.41) is 0. The fraction of sp³-hybridized carbons (Fsp3) is 0.571. The summed E-state index contributed by atoms with van der Waals surface area (Å²) in [5.74, 6) is 0.888. The van der Waals surface area contributed by atoms with E-state index in [-0.39, 0.29) is 0 Å². The number of benzene rings is 1. The van der Waals surface area contributed by atoms with Gasteiger partial charge < -0.3 is 15.2 Å². The van der Waals surface area contributed by atoms with Crippen LogP contribution in [0.1, 0.15) is 32.3 Å². The van der Waals surface area contributed by atoms with Gasteiger partial charge in [-0.25, -0.2) is 0 Å². The number of rotatable bonds is 8. The first kappa shape index (κ1) is 14.0. The second kappa shape index (κ2) is 8.09. The molecule has 0 fully saturated rings. The predicted molar refractivity (Wildman–Crippen MR) is 70.2 cm³/mol. The Bertz CT molecular complexity index is 315. The number of para-hydroxylation sites is 1. The van der Waals surface area contributed by atoms with Gasteiger partial charge in [0.25, 0.3) is 0 Å². The molecule has 0 aliphatic rings. The first-order valence-electron chi connectivity index (χ1n) is 6.30. The van der Waals surface area contributed by atoms with Gasteiger partial charge in [-0.1, -0.05) is 25.1 Å². The molecule has 96 valence electrons. The average Bonchev–Trinajstić information content (AvgIpc) is 2.38. The lowest BCUT2D eigenvalue weighted by atomic mass is 10.2. The Balaban J connectivity index is 2.22. The third-order valence-electron chi connectivity index (χ3n) is 2.72. The zero-order chi connectivity index (χ0) is 12.5. The van der Waals surface area contributed by atoms with Crippen molar-refractivity contribution in [1.82, 2.24) is 0 Å². The zero-order valence-corrected chi connectivity index (χ0v) is 10.8. The van der Waals surface area contributed by atoms with E-state index in [0.717, 1.165) is 30.8 Å². The normalized spacial score (nSPS) is 12.4.